The minimum absolute atomic E-state index is 0.0398. The predicted molar refractivity (Wildman–Crippen MR) is 134 cm³/mol. The summed E-state index contributed by atoms with van der Waals surface area (Å²) in [5.74, 6) is 2.00. The van der Waals surface area contributed by atoms with E-state index in [1.807, 2.05) is 41.4 Å². The van der Waals surface area contributed by atoms with Gasteiger partial charge in [0, 0.05) is 59.3 Å². The van der Waals surface area contributed by atoms with E-state index in [1.165, 1.54) is 5.57 Å². The first-order valence-corrected chi connectivity index (χ1v) is 12.5. The highest BCUT2D eigenvalue weighted by molar-refractivity contribution is 8.00. The standard InChI is InChI=1S/C27H30N2O3S/c1-17(2)33-23-10-9-19(15-22(23)31-4)26(30)29-13-11-27(12-14-29)25-24(18(3)16-28-25)20-7-5-6-8-21(20)32-27/h5-10,15-18H,11-14H2,1-4H3. The smallest absolute Gasteiger partial charge is 0.253 e. The Labute approximate surface area is 199 Å². The Hall–Kier alpha value is -2.73. The second kappa shape index (κ2) is 8.56. The minimum atomic E-state index is -0.461. The van der Waals surface area contributed by atoms with Crippen molar-refractivity contribution in [3.8, 4) is 11.5 Å². The Bertz CT molecular complexity index is 1150. The van der Waals surface area contributed by atoms with E-state index in [1.54, 1.807) is 18.9 Å². The van der Waals surface area contributed by atoms with E-state index in [2.05, 4.69) is 32.9 Å². The van der Waals surface area contributed by atoms with Gasteiger partial charge in [-0.15, -0.1) is 11.8 Å². The molecule has 1 atom stereocenters. The first kappa shape index (κ1) is 22.1. The Morgan fingerprint density at radius 2 is 1.97 bits per heavy atom. The Balaban J connectivity index is 1.36. The highest BCUT2D eigenvalue weighted by atomic mass is 32.2. The number of piperidine rings is 1. The summed E-state index contributed by atoms with van der Waals surface area (Å²) in [7, 11) is 1.66. The molecule has 0 aliphatic carbocycles. The molecule has 0 bridgehead atoms. The zero-order valence-electron chi connectivity index (χ0n) is 19.6. The number of allylic oxidation sites excluding steroid dienone is 1. The summed E-state index contributed by atoms with van der Waals surface area (Å²) >= 11 is 1.74. The second-order valence-electron chi connectivity index (χ2n) is 9.25. The number of hydrogen-bond acceptors (Lipinski definition) is 5. The molecule has 6 heteroatoms. The lowest BCUT2D eigenvalue weighted by molar-refractivity contribution is 0.0252. The number of fused-ring (bicyclic) bond motifs is 3. The summed E-state index contributed by atoms with van der Waals surface area (Å²) in [4.78, 5) is 21.1. The van der Waals surface area contributed by atoms with Crippen LogP contribution in [-0.2, 0) is 0 Å². The highest BCUT2D eigenvalue weighted by Gasteiger charge is 2.48. The van der Waals surface area contributed by atoms with Crippen molar-refractivity contribution in [2.45, 2.75) is 49.4 Å². The van der Waals surface area contributed by atoms with Crippen LogP contribution >= 0.6 is 11.8 Å². The molecule has 2 aromatic carbocycles. The molecular formula is C27H30N2O3S. The molecule has 0 radical (unpaired) electrons. The largest absolute Gasteiger partial charge is 0.496 e. The monoisotopic (exact) mass is 462 g/mol. The van der Waals surface area contributed by atoms with Gasteiger partial charge in [0.2, 0.25) is 0 Å². The number of carbonyl (C=O) groups excluding carboxylic acids is 1. The van der Waals surface area contributed by atoms with Gasteiger partial charge in [0.15, 0.2) is 5.60 Å². The number of benzene rings is 2. The van der Waals surface area contributed by atoms with Crippen LogP contribution in [0, 0.1) is 5.92 Å². The van der Waals surface area contributed by atoms with Crippen molar-refractivity contribution >= 4 is 29.5 Å². The Kier molecular flexibility index (Phi) is 5.73. The Morgan fingerprint density at radius 1 is 1.21 bits per heavy atom. The molecule has 3 aliphatic rings. The third kappa shape index (κ3) is 3.84. The van der Waals surface area contributed by atoms with Crippen LogP contribution in [0.3, 0.4) is 0 Å². The molecule has 2 aromatic rings. The lowest BCUT2D eigenvalue weighted by atomic mass is 9.80. The van der Waals surface area contributed by atoms with Crippen molar-refractivity contribution in [2.24, 2.45) is 10.9 Å². The molecule has 0 saturated carbocycles. The maximum Gasteiger partial charge on any atom is 0.253 e. The second-order valence-corrected chi connectivity index (χ2v) is 10.9. The molecule has 1 spiro atoms. The normalized spacial score (nSPS) is 20.6. The zero-order chi connectivity index (χ0) is 23.2. The third-order valence-corrected chi connectivity index (χ3v) is 7.75. The third-order valence-electron chi connectivity index (χ3n) is 6.68. The summed E-state index contributed by atoms with van der Waals surface area (Å²) in [6, 6.07) is 14.0. The first-order valence-electron chi connectivity index (χ1n) is 11.6. The van der Waals surface area contributed by atoms with Gasteiger partial charge in [0.05, 0.1) is 12.8 Å². The Morgan fingerprint density at radius 3 is 2.70 bits per heavy atom. The van der Waals surface area contributed by atoms with E-state index >= 15 is 0 Å². The number of hydrogen-bond donors (Lipinski definition) is 0. The lowest BCUT2D eigenvalue weighted by Gasteiger charge is -2.44. The average molecular weight is 463 g/mol. The van der Waals surface area contributed by atoms with Crippen LogP contribution in [0.4, 0.5) is 0 Å². The summed E-state index contributed by atoms with van der Waals surface area (Å²) in [6.07, 6.45) is 3.49. The maximum absolute atomic E-state index is 13.3. The molecule has 1 fully saturated rings. The lowest BCUT2D eigenvalue weighted by Crippen LogP contribution is -2.51. The molecule has 0 aromatic heterocycles. The van der Waals surface area contributed by atoms with Gasteiger partial charge in [0.25, 0.3) is 5.91 Å². The number of carbonyl (C=O) groups is 1. The van der Waals surface area contributed by atoms with E-state index in [4.69, 9.17) is 14.5 Å². The van der Waals surface area contributed by atoms with Gasteiger partial charge in [-0.25, -0.2) is 0 Å². The van der Waals surface area contributed by atoms with E-state index in [0.717, 1.165) is 40.5 Å². The van der Waals surface area contributed by atoms with Crippen LogP contribution in [0.25, 0.3) is 5.57 Å². The van der Waals surface area contributed by atoms with Gasteiger partial charge >= 0.3 is 0 Å². The first-order chi connectivity index (χ1) is 15.9. The van der Waals surface area contributed by atoms with Crippen molar-refractivity contribution in [3.05, 3.63) is 59.3 Å². The number of likely N-dealkylation sites (tertiary alicyclic amines) is 1. The van der Waals surface area contributed by atoms with E-state index in [-0.39, 0.29) is 11.8 Å². The van der Waals surface area contributed by atoms with Gasteiger partial charge in [0.1, 0.15) is 11.5 Å². The fourth-order valence-corrected chi connectivity index (χ4v) is 5.98. The van der Waals surface area contributed by atoms with Crippen molar-refractivity contribution < 1.29 is 14.3 Å². The fourth-order valence-electron chi connectivity index (χ4n) is 5.06. The number of para-hydroxylation sites is 1. The average Bonchev–Trinajstić information content (AvgIpc) is 3.22. The van der Waals surface area contributed by atoms with Gasteiger partial charge in [-0.3, -0.25) is 9.79 Å². The number of rotatable bonds is 4. The molecule has 0 N–H and O–H groups in total. The van der Waals surface area contributed by atoms with Crippen LogP contribution < -0.4 is 9.47 Å². The van der Waals surface area contributed by atoms with E-state index < -0.39 is 5.60 Å². The summed E-state index contributed by atoms with van der Waals surface area (Å²) < 4.78 is 12.2. The molecule has 5 nitrogen and oxygen atoms in total. The zero-order valence-corrected chi connectivity index (χ0v) is 20.4. The van der Waals surface area contributed by atoms with Crippen LogP contribution in [0.1, 0.15) is 49.5 Å². The highest BCUT2D eigenvalue weighted by Crippen LogP contribution is 2.50. The molecular weight excluding hydrogens is 432 g/mol. The van der Waals surface area contributed by atoms with E-state index in [0.29, 0.717) is 23.9 Å². The van der Waals surface area contributed by atoms with E-state index in [9.17, 15) is 4.79 Å². The quantitative estimate of drug-likeness (QED) is 0.548. The molecule has 172 valence electrons. The molecule has 1 unspecified atom stereocenters. The van der Waals surface area contributed by atoms with Crippen LogP contribution in [-0.4, -0.2) is 48.1 Å². The van der Waals surface area contributed by atoms with Gasteiger partial charge < -0.3 is 14.4 Å². The molecule has 3 heterocycles. The summed E-state index contributed by atoms with van der Waals surface area (Å²) in [5, 5.41) is 0.444. The maximum atomic E-state index is 13.3. The van der Waals surface area contributed by atoms with Gasteiger partial charge in [-0.1, -0.05) is 39.0 Å². The summed E-state index contributed by atoms with van der Waals surface area (Å²) in [5.41, 5.74) is 3.68. The van der Waals surface area contributed by atoms with Crippen molar-refractivity contribution in [2.75, 3.05) is 20.2 Å². The van der Waals surface area contributed by atoms with Crippen molar-refractivity contribution in [3.63, 3.8) is 0 Å². The molecule has 5 rings (SSSR count). The number of nitrogens with zero attached hydrogens (tertiary/aromatic N) is 2. The fraction of sp³-hybridized carbons (Fsp3) is 0.407. The topological polar surface area (TPSA) is 51.1 Å². The number of thioether (sulfide) groups is 1. The predicted octanol–water partition coefficient (Wildman–Crippen LogP) is 5.69. The van der Waals surface area contributed by atoms with Crippen molar-refractivity contribution in [1.82, 2.24) is 4.90 Å². The molecule has 33 heavy (non-hydrogen) atoms. The van der Waals surface area contributed by atoms with Crippen LogP contribution in [0.2, 0.25) is 0 Å². The van der Waals surface area contributed by atoms with Gasteiger partial charge in [-0.2, -0.15) is 0 Å². The minimum Gasteiger partial charge on any atom is -0.496 e. The number of amides is 1. The van der Waals surface area contributed by atoms with Crippen LogP contribution in [0.15, 0.2) is 58.0 Å². The summed E-state index contributed by atoms with van der Waals surface area (Å²) in [6.45, 7) is 7.75. The molecule has 1 amide bonds. The number of ether oxygens (including phenoxy) is 2. The van der Waals surface area contributed by atoms with Crippen molar-refractivity contribution in [1.29, 1.82) is 0 Å². The molecule has 3 aliphatic heterocycles. The van der Waals surface area contributed by atoms with Gasteiger partial charge in [-0.05, 0) is 29.8 Å². The molecule has 1 saturated heterocycles. The number of methoxy groups -OCH3 is 1. The van der Waals surface area contributed by atoms with Crippen LogP contribution in [0.5, 0.6) is 11.5 Å². The SMILES string of the molecule is COc1cc(C(=O)N2CCC3(CC2)Oc2ccccc2C2=C3N=CC2C)ccc1SC(C)C. The number of aliphatic imine (C=N–C) groups is 1.